The maximum atomic E-state index is 7.05. The van der Waals surface area contributed by atoms with Crippen molar-refractivity contribution in [2.45, 2.75) is 0 Å². The second-order valence-corrected chi connectivity index (χ2v) is 2.63. The molecule has 3 heteroatoms. The van der Waals surface area contributed by atoms with Gasteiger partial charge in [0.15, 0.2) is 0 Å². The van der Waals surface area contributed by atoms with Crippen LogP contribution in [0.25, 0.3) is 0 Å². The predicted octanol–water partition coefficient (Wildman–Crippen LogP) is 2.90. The molecular formula is C9H9ClN2. The van der Waals surface area contributed by atoms with Crippen molar-refractivity contribution in [3.05, 3.63) is 42.1 Å². The van der Waals surface area contributed by atoms with E-state index in [1.807, 2.05) is 12.1 Å². The quantitative estimate of drug-likeness (QED) is 0.562. The van der Waals surface area contributed by atoms with Crippen LogP contribution >= 0.6 is 11.6 Å². The molecule has 0 bridgehead atoms. The minimum Gasteiger partial charge on any atom is -0.309 e. The third-order valence-corrected chi connectivity index (χ3v) is 1.71. The summed E-state index contributed by atoms with van der Waals surface area (Å²) in [4.78, 5) is 1.59. The van der Waals surface area contributed by atoms with Crippen LogP contribution in [0.1, 0.15) is 0 Å². The zero-order valence-electron chi connectivity index (χ0n) is 6.50. The van der Waals surface area contributed by atoms with Gasteiger partial charge >= 0.3 is 0 Å². The Bertz CT molecular complexity index is 271. The van der Waals surface area contributed by atoms with Gasteiger partial charge in [-0.2, -0.15) is 0 Å². The second kappa shape index (κ2) is 3.93. The molecule has 0 aliphatic carbocycles. The Morgan fingerprint density at radius 3 is 2.33 bits per heavy atom. The summed E-state index contributed by atoms with van der Waals surface area (Å²) in [5, 5.41) is 7.74. The van der Waals surface area contributed by atoms with Crippen molar-refractivity contribution in [2.24, 2.45) is 0 Å². The van der Waals surface area contributed by atoms with E-state index in [0.29, 0.717) is 5.02 Å². The molecule has 0 fully saturated rings. The van der Waals surface area contributed by atoms with E-state index in [1.54, 1.807) is 23.2 Å². The molecule has 2 nitrogen and oxygen atoms in total. The van der Waals surface area contributed by atoms with Gasteiger partial charge in [0.1, 0.15) is 0 Å². The van der Waals surface area contributed by atoms with Gasteiger partial charge in [0, 0.05) is 16.9 Å². The lowest BCUT2D eigenvalue weighted by Crippen LogP contribution is -2.10. The Kier molecular flexibility index (Phi) is 2.88. The highest BCUT2D eigenvalue weighted by atomic mass is 35.5. The summed E-state index contributed by atoms with van der Waals surface area (Å²) in [6, 6.07) is 7.21. The summed E-state index contributed by atoms with van der Waals surface area (Å²) in [5.41, 5.74) is 0.879. The van der Waals surface area contributed by atoms with Crippen molar-refractivity contribution in [1.29, 1.82) is 5.41 Å². The molecule has 0 saturated heterocycles. The van der Waals surface area contributed by atoms with Gasteiger partial charge in [-0.15, -0.1) is 0 Å². The number of anilines is 1. The fourth-order valence-corrected chi connectivity index (χ4v) is 0.972. The van der Waals surface area contributed by atoms with Crippen molar-refractivity contribution >= 4 is 23.6 Å². The van der Waals surface area contributed by atoms with Crippen molar-refractivity contribution in [3.8, 4) is 0 Å². The van der Waals surface area contributed by atoms with Crippen molar-refractivity contribution in [2.75, 3.05) is 4.90 Å². The number of nitrogens with zero attached hydrogens (tertiary/aromatic N) is 1. The monoisotopic (exact) mass is 180 g/mol. The average Bonchev–Trinajstić information content (AvgIpc) is 2.10. The molecule has 1 aromatic carbocycles. The van der Waals surface area contributed by atoms with Crippen LogP contribution < -0.4 is 4.90 Å². The van der Waals surface area contributed by atoms with Crippen LogP contribution in [0.4, 0.5) is 5.69 Å². The van der Waals surface area contributed by atoms with Gasteiger partial charge in [-0.3, -0.25) is 5.41 Å². The number of hydrogen-bond acceptors (Lipinski definition) is 1. The Hall–Kier alpha value is -1.28. The molecule has 0 amide bonds. The second-order valence-electron chi connectivity index (χ2n) is 2.20. The molecular weight excluding hydrogens is 172 g/mol. The topological polar surface area (TPSA) is 27.1 Å². The van der Waals surface area contributed by atoms with Crippen LogP contribution in [-0.2, 0) is 0 Å². The summed E-state index contributed by atoms with van der Waals surface area (Å²) < 4.78 is 0. The largest absolute Gasteiger partial charge is 0.309 e. The Morgan fingerprint density at radius 1 is 1.33 bits per heavy atom. The zero-order chi connectivity index (χ0) is 8.97. The number of halogens is 1. The van der Waals surface area contributed by atoms with Gasteiger partial charge in [0.25, 0.3) is 0 Å². The normalized spacial score (nSPS) is 9.08. The highest BCUT2D eigenvalue weighted by Crippen LogP contribution is 2.16. The molecule has 1 rings (SSSR count). The van der Waals surface area contributed by atoms with Gasteiger partial charge < -0.3 is 4.90 Å². The molecule has 0 atom stereocenters. The van der Waals surface area contributed by atoms with Crippen LogP contribution in [-0.4, -0.2) is 6.34 Å². The predicted molar refractivity (Wildman–Crippen MR) is 52.9 cm³/mol. The van der Waals surface area contributed by atoms with E-state index in [4.69, 9.17) is 17.0 Å². The Morgan fingerprint density at radius 2 is 1.92 bits per heavy atom. The average molecular weight is 181 g/mol. The van der Waals surface area contributed by atoms with Gasteiger partial charge in [0.2, 0.25) is 0 Å². The van der Waals surface area contributed by atoms with Crippen LogP contribution in [0.5, 0.6) is 0 Å². The molecule has 0 aliphatic heterocycles. The molecule has 0 heterocycles. The smallest absolute Gasteiger partial charge is 0.0902 e. The van der Waals surface area contributed by atoms with Gasteiger partial charge in [-0.25, -0.2) is 0 Å². The Balaban J connectivity index is 2.94. The van der Waals surface area contributed by atoms with Crippen molar-refractivity contribution in [3.63, 3.8) is 0 Å². The molecule has 0 spiro atoms. The lowest BCUT2D eigenvalue weighted by atomic mass is 10.3. The number of nitrogens with one attached hydrogen (secondary N) is 1. The maximum absolute atomic E-state index is 7.05. The van der Waals surface area contributed by atoms with E-state index in [1.165, 1.54) is 6.34 Å². The van der Waals surface area contributed by atoms with E-state index in [2.05, 4.69) is 6.58 Å². The summed E-state index contributed by atoms with van der Waals surface area (Å²) in [7, 11) is 0. The molecule has 1 N–H and O–H groups in total. The van der Waals surface area contributed by atoms with Crippen LogP contribution in [0.3, 0.4) is 0 Å². The molecule has 12 heavy (non-hydrogen) atoms. The van der Waals surface area contributed by atoms with E-state index in [-0.39, 0.29) is 0 Å². The summed E-state index contributed by atoms with van der Waals surface area (Å²) in [6.07, 6.45) is 2.76. The first-order valence-corrected chi connectivity index (χ1v) is 3.83. The SMILES string of the molecule is C=CN(C=N)c1ccc(Cl)cc1. The lowest BCUT2D eigenvalue weighted by molar-refractivity contribution is 1.35. The van der Waals surface area contributed by atoms with Crippen molar-refractivity contribution < 1.29 is 0 Å². The minimum atomic E-state index is 0.688. The van der Waals surface area contributed by atoms with E-state index in [0.717, 1.165) is 5.69 Å². The highest BCUT2D eigenvalue weighted by molar-refractivity contribution is 6.30. The molecule has 0 unspecified atom stereocenters. The molecule has 1 aromatic rings. The minimum absolute atomic E-state index is 0.688. The van der Waals surface area contributed by atoms with Gasteiger partial charge in [0.05, 0.1) is 6.34 Å². The van der Waals surface area contributed by atoms with Crippen molar-refractivity contribution in [1.82, 2.24) is 0 Å². The zero-order valence-corrected chi connectivity index (χ0v) is 7.25. The molecule has 0 aromatic heterocycles. The van der Waals surface area contributed by atoms with Crippen LogP contribution in [0, 0.1) is 5.41 Å². The lowest BCUT2D eigenvalue weighted by Gasteiger charge is -2.12. The number of rotatable bonds is 3. The standard InChI is InChI=1S/C9H9ClN2/c1-2-12(7-11)9-5-3-8(10)4-6-9/h2-7,11H,1H2. The Labute approximate surface area is 76.6 Å². The summed E-state index contributed by atoms with van der Waals surface area (Å²) in [5.74, 6) is 0. The van der Waals surface area contributed by atoms with Crippen LogP contribution in [0.2, 0.25) is 5.02 Å². The summed E-state index contributed by atoms with van der Waals surface area (Å²) in [6.45, 7) is 3.57. The number of benzene rings is 1. The number of hydrogen-bond donors (Lipinski definition) is 1. The molecule has 0 aliphatic rings. The summed E-state index contributed by atoms with van der Waals surface area (Å²) >= 11 is 5.70. The van der Waals surface area contributed by atoms with E-state index in [9.17, 15) is 0 Å². The van der Waals surface area contributed by atoms with E-state index < -0.39 is 0 Å². The fourth-order valence-electron chi connectivity index (χ4n) is 0.846. The first kappa shape index (κ1) is 8.81. The highest BCUT2D eigenvalue weighted by Gasteiger charge is 1.96. The van der Waals surface area contributed by atoms with E-state index >= 15 is 0 Å². The molecule has 0 radical (unpaired) electrons. The molecule has 0 saturated carbocycles. The third-order valence-electron chi connectivity index (χ3n) is 1.46. The fraction of sp³-hybridized carbons (Fsp3) is 0. The first-order valence-electron chi connectivity index (χ1n) is 3.45. The third kappa shape index (κ3) is 1.86. The first-order chi connectivity index (χ1) is 5.77. The maximum Gasteiger partial charge on any atom is 0.0902 e. The molecule has 62 valence electrons. The van der Waals surface area contributed by atoms with Gasteiger partial charge in [-0.1, -0.05) is 18.2 Å². The van der Waals surface area contributed by atoms with Gasteiger partial charge in [-0.05, 0) is 24.3 Å². The van der Waals surface area contributed by atoms with Crippen LogP contribution in [0.15, 0.2) is 37.0 Å².